The van der Waals surface area contributed by atoms with Gasteiger partial charge in [-0.1, -0.05) is 36.4 Å². The fourth-order valence-electron chi connectivity index (χ4n) is 4.86. The lowest BCUT2D eigenvalue weighted by molar-refractivity contribution is -0.140. The van der Waals surface area contributed by atoms with E-state index in [1.54, 1.807) is 24.3 Å². The first-order valence-corrected chi connectivity index (χ1v) is 12.1. The van der Waals surface area contributed by atoms with Crippen LogP contribution in [0.25, 0.3) is 0 Å². The number of benzene rings is 1. The number of rotatable bonds is 9. The Morgan fingerprint density at radius 2 is 2.03 bits per heavy atom. The lowest BCUT2D eigenvalue weighted by atomic mass is 9.92. The van der Waals surface area contributed by atoms with Crippen molar-refractivity contribution in [3.8, 4) is 0 Å². The number of carboxylic acids is 1. The van der Waals surface area contributed by atoms with E-state index in [1.165, 1.54) is 5.56 Å². The number of aryl methyl sites for hydroxylation is 2. The summed E-state index contributed by atoms with van der Waals surface area (Å²) in [4.78, 5) is 31.0. The van der Waals surface area contributed by atoms with Gasteiger partial charge in [-0.2, -0.15) is 0 Å². The molecule has 0 radical (unpaired) electrons. The van der Waals surface area contributed by atoms with Crippen LogP contribution in [0.2, 0.25) is 0 Å². The number of pyridine rings is 1. The number of halogens is 1. The number of carboxylic acid groups (broad SMARTS) is 1. The minimum Gasteiger partial charge on any atom is -0.481 e. The number of aliphatic carboxylic acids is 1. The van der Waals surface area contributed by atoms with Crippen molar-refractivity contribution in [1.82, 2.24) is 15.2 Å². The first-order valence-electron chi connectivity index (χ1n) is 12.1. The van der Waals surface area contributed by atoms with Crippen molar-refractivity contribution in [2.45, 2.75) is 56.7 Å². The highest BCUT2D eigenvalue weighted by molar-refractivity contribution is 5.86. The fourth-order valence-corrected chi connectivity index (χ4v) is 4.86. The normalized spacial score (nSPS) is 21.2. The van der Waals surface area contributed by atoms with Gasteiger partial charge in [0.1, 0.15) is 5.82 Å². The molecule has 34 heavy (non-hydrogen) atoms. The predicted molar refractivity (Wildman–Crippen MR) is 128 cm³/mol. The molecule has 0 saturated carbocycles. The molecule has 1 amide bonds. The third-order valence-corrected chi connectivity index (χ3v) is 6.67. The summed E-state index contributed by atoms with van der Waals surface area (Å²) < 4.78 is 15.7. The van der Waals surface area contributed by atoms with E-state index in [9.17, 15) is 14.7 Å². The van der Waals surface area contributed by atoms with Gasteiger partial charge in [0.2, 0.25) is 5.67 Å². The number of hydrogen-bond acceptors (Lipinski definition) is 5. The van der Waals surface area contributed by atoms with Gasteiger partial charge in [0.05, 0.1) is 12.5 Å². The Kier molecular flexibility index (Phi) is 7.77. The Labute approximate surface area is 199 Å². The van der Waals surface area contributed by atoms with E-state index in [-0.39, 0.29) is 19.4 Å². The summed E-state index contributed by atoms with van der Waals surface area (Å²) in [5, 5.41) is 15.3. The Hall–Kier alpha value is -3.00. The number of carbonyl (C=O) groups excluding carboxylic acids is 1. The SMILES string of the molecule is O=C(O)C[C@H](NC(=O)[C@]1(F)CCCN(CCCc2ccc3c(n2)NCCC3)C1)c1ccccc1. The van der Waals surface area contributed by atoms with Crippen LogP contribution in [-0.2, 0) is 22.4 Å². The maximum atomic E-state index is 15.7. The number of nitrogens with zero attached hydrogens (tertiary/aromatic N) is 2. The number of amides is 1. The van der Waals surface area contributed by atoms with Crippen molar-refractivity contribution in [2.24, 2.45) is 0 Å². The van der Waals surface area contributed by atoms with Crippen LogP contribution in [-0.4, -0.2) is 58.7 Å². The molecule has 2 aromatic rings. The van der Waals surface area contributed by atoms with Gasteiger partial charge in [-0.25, -0.2) is 9.37 Å². The average molecular weight is 469 g/mol. The van der Waals surface area contributed by atoms with E-state index in [4.69, 9.17) is 4.98 Å². The van der Waals surface area contributed by atoms with E-state index in [2.05, 4.69) is 22.8 Å². The maximum Gasteiger partial charge on any atom is 0.305 e. The quantitative estimate of drug-likeness (QED) is 0.521. The number of piperidine rings is 1. The topological polar surface area (TPSA) is 94.6 Å². The van der Waals surface area contributed by atoms with Crippen LogP contribution in [0.1, 0.15) is 55.0 Å². The standard InChI is InChI=1S/C26H33FN4O3/c27-26(25(34)30-22(17-23(32)33)19-7-2-1-3-8-19)13-6-16-31(18-26)15-5-10-21-12-11-20-9-4-14-28-24(20)29-21/h1-3,7-8,11-12,22H,4-6,9-10,13-18H2,(H,28,29)(H,30,34)(H,32,33)/t22-,26-/m0/s1. The molecule has 182 valence electrons. The molecular weight excluding hydrogens is 435 g/mol. The van der Waals surface area contributed by atoms with Gasteiger partial charge in [-0.05, 0) is 68.8 Å². The van der Waals surface area contributed by atoms with Gasteiger partial charge in [0.15, 0.2) is 0 Å². The molecule has 3 N–H and O–H groups in total. The van der Waals surface area contributed by atoms with E-state index in [1.807, 2.05) is 11.0 Å². The zero-order valence-electron chi connectivity index (χ0n) is 19.4. The average Bonchev–Trinajstić information content (AvgIpc) is 2.84. The largest absolute Gasteiger partial charge is 0.481 e. The fraction of sp³-hybridized carbons (Fsp3) is 0.500. The van der Waals surface area contributed by atoms with Gasteiger partial charge in [-0.15, -0.1) is 0 Å². The first-order chi connectivity index (χ1) is 16.4. The Morgan fingerprint density at radius 1 is 1.21 bits per heavy atom. The highest BCUT2D eigenvalue weighted by Gasteiger charge is 2.43. The van der Waals surface area contributed by atoms with E-state index < -0.39 is 23.6 Å². The molecule has 4 rings (SSSR count). The number of aromatic nitrogens is 1. The number of hydrogen-bond donors (Lipinski definition) is 3. The van der Waals surface area contributed by atoms with E-state index in [0.717, 1.165) is 50.3 Å². The molecule has 1 saturated heterocycles. The third-order valence-electron chi connectivity index (χ3n) is 6.67. The highest BCUT2D eigenvalue weighted by atomic mass is 19.1. The summed E-state index contributed by atoms with van der Waals surface area (Å²) in [5.74, 6) is -0.788. The molecule has 2 aliphatic rings. The Bertz CT molecular complexity index is 1000. The van der Waals surface area contributed by atoms with Crippen LogP contribution >= 0.6 is 0 Å². The lowest BCUT2D eigenvalue weighted by Gasteiger charge is -2.37. The zero-order chi connectivity index (χ0) is 24.0. The van der Waals surface area contributed by atoms with Crippen molar-refractivity contribution in [1.29, 1.82) is 0 Å². The number of anilines is 1. The van der Waals surface area contributed by atoms with Gasteiger partial charge in [0, 0.05) is 18.8 Å². The van der Waals surface area contributed by atoms with Crippen molar-refractivity contribution >= 4 is 17.7 Å². The number of likely N-dealkylation sites (tertiary alicyclic amines) is 1. The van der Waals surface area contributed by atoms with Crippen LogP contribution < -0.4 is 10.6 Å². The van der Waals surface area contributed by atoms with Crippen LogP contribution in [0.15, 0.2) is 42.5 Å². The van der Waals surface area contributed by atoms with Crippen molar-refractivity contribution in [2.75, 3.05) is 31.5 Å². The van der Waals surface area contributed by atoms with Crippen LogP contribution in [0.3, 0.4) is 0 Å². The Balaban J connectivity index is 1.32. The molecule has 7 nitrogen and oxygen atoms in total. The summed E-state index contributed by atoms with van der Waals surface area (Å²) in [7, 11) is 0. The molecule has 1 fully saturated rings. The number of nitrogens with one attached hydrogen (secondary N) is 2. The molecular formula is C26H33FN4O3. The predicted octanol–water partition coefficient (Wildman–Crippen LogP) is 3.51. The van der Waals surface area contributed by atoms with Crippen molar-refractivity contribution < 1.29 is 19.1 Å². The van der Waals surface area contributed by atoms with Crippen LogP contribution in [0.4, 0.5) is 10.2 Å². The monoisotopic (exact) mass is 468 g/mol. The lowest BCUT2D eigenvalue weighted by Crippen LogP contribution is -2.55. The number of fused-ring (bicyclic) bond motifs is 1. The summed E-state index contributed by atoms with van der Waals surface area (Å²) in [6, 6.07) is 12.3. The molecule has 3 heterocycles. The highest BCUT2D eigenvalue weighted by Crippen LogP contribution is 2.28. The molecule has 2 atom stereocenters. The summed E-state index contributed by atoms with van der Waals surface area (Å²) in [5.41, 5.74) is 0.906. The molecule has 8 heteroatoms. The molecule has 2 aliphatic heterocycles. The second kappa shape index (κ2) is 11.0. The summed E-state index contributed by atoms with van der Waals surface area (Å²) >= 11 is 0. The minimum atomic E-state index is -2.03. The first kappa shape index (κ1) is 24.1. The number of alkyl halides is 1. The third kappa shape index (κ3) is 6.11. The van der Waals surface area contributed by atoms with E-state index >= 15 is 4.39 Å². The maximum absolute atomic E-state index is 15.7. The van der Waals surface area contributed by atoms with Crippen molar-refractivity contribution in [3.63, 3.8) is 0 Å². The van der Waals surface area contributed by atoms with Gasteiger partial charge in [0.25, 0.3) is 5.91 Å². The second-order valence-corrected chi connectivity index (χ2v) is 9.32. The van der Waals surface area contributed by atoms with Crippen LogP contribution in [0.5, 0.6) is 0 Å². The van der Waals surface area contributed by atoms with Gasteiger partial charge in [-0.3, -0.25) is 14.5 Å². The second-order valence-electron chi connectivity index (χ2n) is 9.32. The molecule has 1 aromatic heterocycles. The van der Waals surface area contributed by atoms with Crippen LogP contribution in [0, 0.1) is 0 Å². The van der Waals surface area contributed by atoms with E-state index in [0.29, 0.717) is 18.5 Å². The molecule has 0 aliphatic carbocycles. The molecule has 1 aromatic carbocycles. The zero-order valence-corrected chi connectivity index (χ0v) is 19.4. The summed E-state index contributed by atoms with van der Waals surface area (Å²) in [6.45, 7) is 2.40. The smallest absolute Gasteiger partial charge is 0.305 e. The van der Waals surface area contributed by atoms with Crippen molar-refractivity contribution in [3.05, 3.63) is 59.3 Å². The van der Waals surface area contributed by atoms with Gasteiger partial charge >= 0.3 is 5.97 Å². The molecule has 0 unspecified atom stereocenters. The minimum absolute atomic E-state index is 0.0204. The number of carbonyl (C=O) groups is 2. The van der Waals surface area contributed by atoms with Gasteiger partial charge < -0.3 is 15.7 Å². The molecule has 0 spiro atoms. The molecule has 0 bridgehead atoms. The summed E-state index contributed by atoms with van der Waals surface area (Å²) in [6.07, 6.45) is 4.24. The Morgan fingerprint density at radius 3 is 2.82 bits per heavy atom.